The van der Waals surface area contributed by atoms with Gasteiger partial charge < -0.3 is 14.8 Å². The maximum Gasteiger partial charge on any atom is 0.257 e. The Morgan fingerprint density at radius 2 is 1.72 bits per heavy atom. The van der Waals surface area contributed by atoms with Crippen LogP contribution >= 0.6 is 11.6 Å². The van der Waals surface area contributed by atoms with Crippen molar-refractivity contribution in [1.82, 2.24) is 9.97 Å². The number of hydrogen-bond donors (Lipinski definition) is 1. The Labute approximate surface area is 189 Å². The molecule has 7 heteroatoms. The molecule has 1 N–H and O–H groups in total. The normalized spacial score (nSPS) is 12.3. The van der Waals surface area contributed by atoms with Crippen LogP contribution in [0.3, 0.4) is 0 Å². The lowest BCUT2D eigenvalue weighted by atomic mass is 9.99. The molecule has 0 saturated heterocycles. The number of ether oxygens (including phenoxy) is 2. The SMILES string of the molecule is O=C(Nc1ccc2c(c1)OCCO2)c1cnc(-c2ccc(Cl)cc2)c(-c2cccnc2)c1. The minimum atomic E-state index is -0.276. The van der Waals surface area contributed by atoms with Crippen molar-refractivity contribution in [1.29, 1.82) is 0 Å². The van der Waals surface area contributed by atoms with Crippen molar-refractivity contribution < 1.29 is 14.3 Å². The number of carbonyl (C=O) groups excluding carboxylic acids is 1. The molecule has 0 aliphatic carbocycles. The Morgan fingerprint density at radius 1 is 0.906 bits per heavy atom. The molecule has 0 bridgehead atoms. The van der Waals surface area contributed by atoms with Crippen molar-refractivity contribution in [2.45, 2.75) is 0 Å². The number of halogens is 1. The summed E-state index contributed by atoms with van der Waals surface area (Å²) in [6.45, 7) is 0.996. The highest BCUT2D eigenvalue weighted by atomic mass is 35.5. The lowest BCUT2D eigenvalue weighted by molar-refractivity contribution is 0.102. The van der Waals surface area contributed by atoms with Gasteiger partial charge in [0.25, 0.3) is 5.91 Å². The monoisotopic (exact) mass is 443 g/mol. The van der Waals surface area contributed by atoms with Gasteiger partial charge in [-0.25, -0.2) is 0 Å². The highest BCUT2D eigenvalue weighted by molar-refractivity contribution is 6.30. The van der Waals surface area contributed by atoms with E-state index in [0.29, 0.717) is 41.0 Å². The van der Waals surface area contributed by atoms with Gasteiger partial charge in [-0.1, -0.05) is 29.8 Å². The van der Waals surface area contributed by atoms with E-state index in [1.807, 2.05) is 42.5 Å². The summed E-state index contributed by atoms with van der Waals surface area (Å²) in [7, 11) is 0. The van der Waals surface area contributed by atoms with Gasteiger partial charge in [0.05, 0.1) is 11.3 Å². The van der Waals surface area contributed by atoms with E-state index < -0.39 is 0 Å². The van der Waals surface area contributed by atoms with Crippen molar-refractivity contribution in [3.63, 3.8) is 0 Å². The van der Waals surface area contributed by atoms with Gasteiger partial charge in [0.15, 0.2) is 11.5 Å². The van der Waals surface area contributed by atoms with Crippen LogP contribution in [0.5, 0.6) is 11.5 Å². The topological polar surface area (TPSA) is 73.3 Å². The number of fused-ring (bicyclic) bond motifs is 1. The van der Waals surface area contributed by atoms with Crippen molar-refractivity contribution in [3.05, 3.63) is 89.8 Å². The van der Waals surface area contributed by atoms with Gasteiger partial charge in [-0.2, -0.15) is 0 Å². The van der Waals surface area contributed by atoms with E-state index in [4.69, 9.17) is 21.1 Å². The van der Waals surface area contributed by atoms with Crippen LogP contribution < -0.4 is 14.8 Å². The minimum Gasteiger partial charge on any atom is -0.486 e. The second kappa shape index (κ2) is 8.69. The minimum absolute atomic E-state index is 0.276. The predicted octanol–water partition coefficient (Wildman–Crippen LogP) is 5.49. The molecule has 0 spiro atoms. The lowest BCUT2D eigenvalue weighted by Crippen LogP contribution is -2.16. The zero-order chi connectivity index (χ0) is 21.9. The fourth-order valence-corrected chi connectivity index (χ4v) is 3.62. The van der Waals surface area contributed by atoms with Crippen LogP contribution in [-0.2, 0) is 0 Å². The third-order valence-electron chi connectivity index (χ3n) is 5.04. The van der Waals surface area contributed by atoms with E-state index in [1.165, 1.54) is 0 Å². The van der Waals surface area contributed by atoms with E-state index in [0.717, 1.165) is 22.4 Å². The number of benzene rings is 2. The highest BCUT2D eigenvalue weighted by Gasteiger charge is 2.16. The van der Waals surface area contributed by atoms with E-state index >= 15 is 0 Å². The standard InChI is InChI=1S/C25H18ClN3O3/c26-19-5-3-16(4-6-19)24-21(17-2-1-9-27-14-17)12-18(15-28-24)25(30)29-20-7-8-22-23(13-20)32-11-10-31-22/h1-9,12-15H,10-11H2,(H,29,30). The molecule has 0 unspecified atom stereocenters. The van der Waals surface area contributed by atoms with Crippen LogP contribution in [0.25, 0.3) is 22.4 Å². The summed E-state index contributed by atoms with van der Waals surface area (Å²) in [6, 6.07) is 18.4. The molecular formula is C25H18ClN3O3. The zero-order valence-electron chi connectivity index (χ0n) is 16.9. The smallest absolute Gasteiger partial charge is 0.257 e. The van der Waals surface area contributed by atoms with E-state index in [-0.39, 0.29) is 5.91 Å². The first kappa shape index (κ1) is 20.0. The van der Waals surface area contributed by atoms with Crippen molar-refractivity contribution >= 4 is 23.2 Å². The van der Waals surface area contributed by atoms with Gasteiger partial charge in [-0.05, 0) is 36.4 Å². The van der Waals surface area contributed by atoms with Gasteiger partial charge in [0.1, 0.15) is 13.2 Å². The quantitative estimate of drug-likeness (QED) is 0.451. The number of aromatic nitrogens is 2. The van der Waals surface area contributed by atoms with E-state index in [2.05, 4.69) is 15.3 Å². The second-order valence-corrected chi connectivity index (χ2v) is 7.62. The molecule has 32 heavy (non-hydrogen) atoms. The zero-order valence-corrected chi connectivity index (χ0v) is 17.7. The summed E-state index contributed by atoms with van der Waals surface area (Å²) in [5, 5.41) is 3.55. The maximum atomic E-state index is 13.0. The molecule has 1 amide bonds. The first-order valence-corrected chi connectivity index (χ1v) is 10.4. The molecule has 4 aromatic rings. The van der Waals surface area contributed by atoms with Gasteiger partial charge in [0, 0.05) is 52.1 Å². The van der Waals surface area contributed by atoms with Crippen LogP contribution in [0.1, 0.15) is 10.4 Å². The van der Waals surface area contributed by atoms with E-state index in [9.17, 15) is 4.79 Å². The Kier molecular flexibility index (Phi) is 5.44. The molecule has 1 aliphatic heterocycles. The van der Waals surface area contributed by atoms with Crippen LogP contribution in [0.15, 0.2) is 79.3 Å². The number of hydrogen-bond acceptors (Lipinski definition) is 5. The van der Waals surface area contributed by atoms with Crippen LogP contribution in [0, 0.1) is 0 Å². The van der Waals surface area contributed by atoms with Gasteiger partial charge in [0.2, 0.25) is 0 Å². The first-order valence-electron chi connectivity index (χ1n) is 10.0. The van der Waals surface area contributed by atoms with Crippen LogP contribution in [0.4, 0.5) is 5.69 Å². The Morgan fingerprint density at radius 3 is 2.50 bits per heavy atom. The van der Waals surface area contributed by atoms with Crippen LogP contribution in [-0.4, -0.2) is 29.1 Å². The summed E-state index contributed by atoms with van der Waals surface area (Å²) in [5.74, 6) is 1.00. The number of carbonyl (C=O) groups is 1. The lowest BCUT2D eigenvalue weighted by Gasteiger charge is -2.19. The molecule has 2 aromatic carbocycles. The molecule has 2 aromatic heterocycles. The Bertz CT molecular complexity index is 1280. The molecule has 3 heterocycles. The number of rotatable bonds is 4. The van der Waals surface area contributed by atoms with Gasteiger partial charge in [-0.3, -0.25) is 14.8 Å². The van der Waals surface area contributed by atoms with Gasteiger partial charge >= 0.3 is 0 Å². The van der Waals surface area contributed by atoms with Crippen molar-refractivity contribution in [3.8, 4) is 33.9 Å². The third-order valence-corrected chi connectivity index (χ3v) is 5.29. The third kappa shape index (κ3) is 4.13. The largest absolute Gasteiger partial charge is 0.486 e. The molecule has 0 fully saturated rings. The number of anilines is 1. The molecular weight excluding hydrogens is 426 g/mol. The number of amides is 1. The van der Waals surface area contributed by atoms with Crippen molar-refractivity contribution in [2.75, 3.05) is 18.5 Å². The van der Waals surface area contributed by atoms with E-state index in [1.54, 1.807) is 36.8 Å². The second-order valence-electron chi connectivity index (χ2n) is 7.18. The molecule has 6 nitrogen and oxygen atoms in total. The summed E-state index contributed by atoms with van der Waals surface area (Å²) in [5.41, 5.74) is 4.34. The number of nitrogens with zero attached hydrogens (tertiary/aromatic N) is 2. The molecule has 0 radical (unpaired) electrons. The molecule has 5 rings (SSSR count). The molecule has 0 saturated carbocycles. The van der Waals surface area contributed by atoms with Gasteiger partial charge in [-0.15, -0.1) is 0 Å². The fourth-order valence-electron chi connectivity index (χ4n) is 3.49. The predicted molar refractivity (Wildman–Crippen MR) is 123 cm³/mol. The average molecular weight is 444 g/mol. The summed E-state index contributed by atoms with van der Waals surface area (Å²) in [6.07, 6.45) is 5.02. The summed E-state index contributed by atoms with van der Waals surface area (Å²) < 4.78 is 11.1. The molecule has 158 valence electrons. The Hall–Kier alpha value is -3.90. The first-order chi connectivity index (χ1) is 15.7. The molecule has 1 aliphatic rings. The molecule has 0 atom stereocenters. The van der Waals surface area contributed by atoms with Crippen molar-refractivity contribution in [2.24, 2.45) is 0 Å². The van der Waals surface area contributed by atoms with Crippen LogP contribution in [0.2, 0.25) is 5.02 Å². The number of nitrogens with one attached hydrogen (secondary N) is 1. The Balaban J connectivity index is 1.49. The average Bonchev–Trinajstić information content (AvgIpc) is 2.85. The summed E-state index contributed by atoms with van der Waals surface area (Å²) >= 11 is 6.04. The fraction of sp³-hybridized carbons (Fsp3) is 0.0800. The highest BCUT2D eigenvalue weighted by Crippen LogP contribution is 2.34. The summed E-state index contributed by atoms with van der Waals surface area (Å²) in [4.78, 5) is 21.8. The number of pyridine rings is 2. The maximum absolute atomic E-state index is 13.0.